The molecule has 0 aliphatic heterocycles. The van der Waals surface area contributed by atoms with Crippen molar-refractivity contribution >= 4 is 0 Å². The minimum absolute atomic E-state index is 0.0893. The van der Waals surface area contributed by atoms with E-state index in [1.165, 1.54) is 49.9 Å². The predicted molar refractivity (Wildman–Crippen MR) is 90.3 cm³/mol. The Bertz CT molecular complexity index is 371. The highest BCUT2D eigenvalue weighted by atomic mass is 19.1. The first-order valence-corrected chi connectivity index (χ1v) is 8.99. The Morgan fingerprint density at radius 2 is 1.09 bits per heavy atom. The largest absolute Gasteiger partial charge is 0.508 e. The molecule has 2 heteroatoms. The van der Waals surface area contributed by atoms with E-state index < -0.39 is 0 Å². The Hall–Kier alpha value is -1.05. The van der Waals surface area contributed by atoms with Crippen LogP contribution >= 0.6 is 0 Å². The smallest absolute Gasteiger partial charge is 0.123 e. The highest BCUT2D eigenvalue weighted by Gasteiger charge is 2.28. The highest BCUT2D eigenvalue weighted by molar-refractivity contribution is 5.19. The van der Waals surface area contributed by atoms with Crippen molar-refractivity contribution < 1.29 is 9.50 Å². The number of benzene rings is 1. The van der Waals surface area contributed by atoms with E-state index in [-0.39, 0.29) is 11.6 Å². The normalized spacial score (nSPS) is 32.0. The van der Waals surface area contributed by atoms with Gasteiger partial charge in [0.15, 0.2) is 0 Å². The van der Waals surface area contributed by atoms with E-state index in [4.69, 9.17) is 5.11 Å². The second kappa shape index (κ2) is 8.55. The third-order valence-electron chi connectivity index (χ3n) is 5.61. The third kappa shape index (κ3) is 5.62. The standard InChI is InChI=1S/C14H26.C6H5FO/c1-11-3-7-13(8-4-11)14-9-5-12(2)6-10-14;7-5-1-3-6(8)4-2-5/h11-14H,3-10H2,1-2H3;1-4,8H. The molecule has 2 aliphatic carbocycles. The Labute approximate surface area is 134 Å². The molecule has 0 radical (unpaired) electrons. The number of rotatable bonds is 1. The van der Waals surface area contributed by atoms with Crippen LogP contribution in [-0.4, -0.2) is 5.11 Å². The molecule has 1 nitrogen and oxygen atoms in total. The van der Waals surface area contributed by atoms with Crippen LogP contribution in [0.1, 0.15) is 65.2 Å². The first kappa shape index (κ1) is 17.3. The van der Waals surface area contributed by atoms with Gasteiger partial charge >= 0.3 is 0 Å². The summed E-state index contributed by atoms with van der Waals surface area (Å²) in [5.74, 6) is 4.02. The van der Waals surface area contributed by atoms with Crippen molar-refractivity contribution in [1.82, 2.24) is 0 Å². The van der Waals surface area contributed by atoms with Crippen LogP contribution in [0.2, 0.25) is 0 Å². The molecule has 124 valence electrons. The van der Waals surface area contributed by atoms with Crippen molar-refractivity contribution in [1.29, 1.82) is 0 Å². The molecule has 0 spiro atoms. The monoisotopic (exact) mass is 306 g/mol. The number of hydrogen-bond acceptors (Lipinski definition) is 1. The second-order valence-corrected chi connectivity index (χ2v) is 7.52. The Morgan fingerprint density at radius 3 is 1.41 bits per heavy atom. The Balaban J connectivity index is 0.000000188. The van der Waals surface area contributed by atoms with Gasteiger partial charge in [-0.1, -0.05) is 39.5 Å². The van der Waals surface area contributed by atoms with E-state index >= 15 is 0 Å². The van der Waals surface area contributed by atoms with Crippen LogP contribution in [0.3, 0.4) is 0 Å². The third-order valence-corrected chi connectivity index (χ3v) is 5.61. The summed E-state index contributed by atoms with van der Waals surface area (Å²) < 4.78 is 12.0. The minimum atomic E-state index is -0.331. The van der Waals surface area contributed by atoms with Gasteiger partial charge in [0.2, 0.25) is 0 Å². The van der Waals surface area contributed by atoms with Crippen LogP contribution in [0, 0.1) is 29.5 Å². The zero-order valence-electron chi connectivity index (χ0n) is 14.1. The van der Waals surface area contributed by atoms with Gasteiger partial charge in [0.05, 0.1) is 0 Å². The molecule has 0 bridgehead atoms. The fourth-order valence-electron chi connectivity index (χ4n) is 3.96. The molecule has 0 aromatic heterocycles. The maximum absolute atomic E-state index is 12.0. The highest BCUT2D eigenvalue weighted by Crippen LogP contribution is 2.40. The summed E-state index contributed by atoms with van der Waals surface area (Å²) in [4.78, 5) is 0. The van der Waals surface area contributed by atoms with Crippen LogP contribution in [0.25, 0.3) is 0 Å². The first-order valence-electron chi connectivity index (χ1n) is 8.99. The van der Waals surface area contributed by atoms with Crippen LogP contribution < -0.4 is 0 Å². The molecule has 22 heavy (non-hydrogen) atoms. The molecule has 0 amide bonds. The lowest BCUT2D eigenvalue weighted by Gasteiger charge is -2.36. The SMILES string of the molecule is CC1CCC(C2CCC(C)CC2)CC1.Oc1ccc(F)cc1. The predicted octanol–water partition coefficient (Wildman–Crippen LogP) is 6.17. The lowest BCUT2D eigenvalue weighted by Crippen LogP contribution is -2.24. The van der Waals surface area contributed by atoms with Crippen LogP contribution in [0.15, 0.2) is 24.3 Å². The van der Waals surface area contributed by atoms with Gasteiger partial charge in [0, 0.05) is 0 Å². The molecule has 2 fully saturated rings. The average molecular weight is 306 g/mol. The second-order valence-electron chi connectivity index (χ2n) is 7.52. The van der Waals surface area contributed by atoms with Gasteiger partial charge in [-0.3, -0.25) is 0 Å². The van der Waals surface area contributed by atoms with Crippen molar-refractivity contribution in [2.45, 2.75) is 65.2 Å². The Kier molecular flexibility index (Phi) is 6.72. The van der Waals surface area contributed by atoms with Crippen LogP contribution in [0.5, 0.6) is 5.75 Å². The van der Waals surface area contributed by atoms with Gasteiger partial charge in [-0.15, -0.1) is 0 Å². The summed E-state index contributed by atoms with van der Waals surface area (Å²) in [6, 6.07) is 5.01. The fourth-order valence-corrected chi connectivity index (χ4v) is 3.96. The van der Waals surface area contributed by atoms with Gasteiger partial charge < -0.3 is 5.11 Å². The number of hydrogen-bond donors (Lipinski definition) is 1. The van der Waals surface area contributed by atoms with Gasteiger partial charge in [-0.05, 0) is 73.6 Å². The lowest BCUT2D eigenvalue weighted by atomic mass is 9.70. The molecular formula is C20H31FO. The molecule has 1 aromatic carbocycles. The number of halogens is 1. The van der Waals surface area contributed by atoms with Gasteiger partial charge in [-0.2, -0.15) is 0 Å². The van der Waals surface area contributed by atoms with E-state index in [0.29, 0.717) is 0 Å². The number of aromatic hydroxyl groups is 1. The van der Waals surface area contributed by atoms with Gasteiger partial charge in [0.1, 0.15) is 11.6 Å². The van der Waals surface area contributed by atoms with Crippen molar-refractivity contribution in [2.75, 3.05) is 0 Å². The summed E-state index contributed by atoms with van der Waals surface area (Å²) in [6.45, 7) is 4.86. The topological polar surface area (TPSA) is 20.2 Å². The quantitative estimate of drug-likeness (QED) is 0.657. The molecule has 1 aromatic rings. The summed E-state index contributed by atoms with van der Waals surface area (Å²) in [5.41, 5.74) is 0. The van der Waals surface area contributed by atoms with E-state index in [1.807, 2.05) is 0 Å². The zero-order valence-corrected chi connectivity index (χ0v) is 14.1. The summed E-state index contributed by atoms with van der Waals surface area (Å²) in [6.07, 6.45) is 12.2. The summed E-state index contributed by atoms with van der Waals surface area (Å²) in [7, 11) is 0. The number of phenolic OH excluding ortho intramolecular Hbond substituents is 1. The maximum atomic E-state index is 12.0. The molecular weight excluding hydrogens is 275 g/mol. The Morgan fingerprint density at radius 1 is 0.727 bits per heavy atom. The molecule has 0 atom stereocenters. The van der Waals surface area contributed by atoms with Crippen molar-refractivity contribution in [3.63, 3.8) is 0 Å². The first-order chi connectivity index (χ1) is 10.5. The molecule has 0 heterocycles. The van der Waals surface area contributed by atoms with E-state index in [2.05, 4.69) is 13.8 Å². The average Bonchev–Trinajstić information content (AvgIpc) is 2.53. The summed E-state index contributed by atoms with van der Waals surface area (Å²) >= 11 is 0. The molecule has 2 aliphatic rings. The molecule has 1 N–H and O–H groups in total. The lowest BCUT2D eigenvalue weighted by molar-refractivity contribution is 0.155. The van der Waals surface area contributed by atoms with E-state index in [1.54, 1.807) is 25.7 Å². The fraction of sp³-hybridized carbons (Fsp3) is 0.700. The summed E-state index contributed by atoms with van der Waals surface area (Å²) in [5, 5.41) is 8.59. The van der Waals surface area contributed by atoms with Crippen molar-refractivity contribution in [3.05, 3.63) is 30.1 Å². The number of phenols is 1. The minimum Gasteiger partial charge on any atom is -0.508 e. The van der Waals surface area contributed by atoms with Crippen molar-refractivity contribution in [2.24, 2.45) is 23.7 Å². The van der Waals surface area contributed by atoms with E-state index in [9.17, 15) is 4.39 Å². The van der Waals surface area contributed by atoms with Gasteiger partial charge in [0.25, 0.3) is 0 Å². The van der Waals surface area contributed by atoms with Crippen molar-refractivity contribution in [3.8, 4) is 5.75 Å². The molecule has 2 saturated carbocycles. The molecule has 0 unspecified atom stereocenters. The molecule has 3 rings (SSSR count). The van der Waals surface area contributed by atoms with Crippen LogP contribution in [0.4, 0.5) is 4.39 Å². The van der Waals surface area contributed by atoms with Crippen LogP contribution in [-0.2, 0) is 0 Å². The maximum Gasteiger partial charge on any atom is 0.123 e. The zero-order chi connectivity index (χ0) is 15.9. The molecule has 0 saturated heterocycles. The van der Waals surface area contributed by atoms with Gasteiger partial charge in [-0.25, -0.2) is 4.39 Å². The van der Waals surface area contributed by atoms with E-state index in [0.717, 1.165) is 23.7 Å².